The van der Waals surface area contributed by atoms with Gasteiger partial charge in [-0.2, -0.15) is 5.10 Å². The van der Waals surface area contributed by atoms with Gasteiger partial charge in [-0.05, 0) is 45.2 Å². The van der Waals surface area contributed by atoms with E-state index in [1.54, 1.807) is 11.3 Å². The van der Waals surface area contributed by atoms with Crippen LogP contribution in [0.4, 0.5) is 0 Å². The van der Waals surface area contributed by atoms with Crippen molar-refractivity contribution in [1.29, 1.82) is 0 Å². The molecule has 0 aliphatic heterocycles. The van der Waals surface area contributed by atoms with Crippen molar-refractivity contribution >= 4 is 17.2 Å². The predicted octanol–water partition coefficient (Wildman–Crippen LogP) is 4.70. The van der Waals surface area contributed by atoms with Crippen LogP contribution >= 0.6 is 11.3 Å². The minimum absolute atomic E-state index is 0.0266. The fourth-order valence-corrected chi connectivity index (χ4v) is 4.44. The van der Waals surface area contributed by atoms with Gasteiger partial charge in [0.05, 0.1) is 5.69 Å². The zero-order chi connectivity index (χ0) is 17.1. The Labute approximate surface area is 148 Å². The summed E-state index contributed by atoms with van der Waals surface area (Å²) in [6.45, 7) is 7.12. The van der Waals surface area contributed by atoms with Crippen LogP contribution in [0.5, 0.6) is 0 Å². The number of hydrogen-bond donors (Lipinski definition) is 1. The molecule has 1 fully saturated rings. The van der Waals surface area contributed by atoms with Gasteiger partial charge in [0.2, 0.25) is 0 Å². The molecular weight excluding hydrogens is 318 g/mol. The maximum Gasteiger partial charge on any atom is 0.269 e. The lowest BCUT2D eigenvalue weighted by Crippen LogP contribution is -2.37. The third-order valence-corrected chi connectivity index (χ3v) is 5.67. The highest BCUT2D eigenvalue weighted by Crippen LogP contribution is 2.30. The van der Waals surface area contributed by atoms with Gasteiger partial charge in [0.1, 0.15) is 5.69 Å². The zero-order valence-corrected chi connectivity index (χ0v) is 15.7. The summed E-state index contributed by atoms with van der Waals surface area (Å²) in [5, 5.41) is 7.94. The van der Waals surface area contributed by atoms with Crippen molar-refractivity contribution in [3.63, 3.8) is 0 Å². The molecule has 130 valence electrons. The zero-order valence-electron chi connectivity index (χ0n) is 14.9. The Balaban J connectivity index is 1.85. The molecular formula is C19H27N3OS. The normalized spacial score (nSPS) is 15.6. The second-order valence-electron chi connectivity index (χ2n) is 6.77. The standard InChI is InChI=1S/C19H27N3OS/c1-4-10-22-18(19(23)20-15-8-6-5-7-9-15)12-17(21-22)16-11-13(2)24-14(16)3/h11-12,15H,4-10H2,1-3H3,(H,20,23). The van der Waals surface area contributed by atoms with E-state index in [-0.39, 0.29) is 5.91 Å². The molecule has 2 heterocycles. The highest BCUT2D eigenvalue weighted by molar-refractivity contribution is 7.12. The Bertz CT molecular complexity index is 710. The number of thiophene rings is 1. The monoisotopic (exact) mass is 345 g/mol. The van der Waals surface area contributed by atoms with Crippen LogP contribution in [0, 0.1) is 13.8 Å². The van der Waals surface area contributed by atoms with Crippen molar-refractivity contribution in [3.8, 4) is 11.3 Å². The molecule has 0 unspecified atom stereocenters. The summed E-state index contributed by atoms with van der Waals surface area (Å²) in [6.07, 6.45) is 6.90. The predicted molar refractivity (Wildman–Crippen MR) is 99.6 cm³/mol. The Morgan fingerprint density at radius 3 is 2.67 bits per heavy atom. The van der Waals surface area contributed by atoms with E-state index >= 15 is 0 Å². The first-order chi connectivity index (χ1) is 11.6. The molecule has 1 N–H and O–H groups in total. The second-order valence-corrected chi connectivity index (χ2v) is 8.23. The average molecular weight is 346 g/mol. The van der Waals surface area contributed by atoms with E-state index in [2.05, 4.69) is 32.2 Å². The lowest BCUT2D eigenvalue weighted by molar-refractivity contribution is 0.0916. The fraction of sp³-hybridized carbons (Fsp3) is 0.579. The SMILES string of the molecule is CCCn1nc(-c2cc(C)sc2C)cc1C(=O)NC1CCCCC1. The number of carbonyl (C=O) groups excluding carboxylic acids is 1. The molecule has 0 aromatic carbocycles. The van der Waals surface area contributed by atoms with Gasteiger partial charge in [-0.15, -0.1) is 11.3 Å². The molecule has 1 aliphatic carbocycles. The first-order valence-corrected chi connectivity index (χ1v) is 9.86. The molecule has 5 heteroatoms. The van der Waals surface area contributed by atoms with Crippen molar-refractivity contribution in [2.24, 2.45) is 0 Å². The third kappa shape index (κ3) is 3.72. The smallest absolute Gasteiger partial charge is 0.269 e. The first kappa shape index (κ1) is 17.2. The van der Waals surface area contributed by atoms with E-state index in [1.807, 2.05) is 10.7 Å². The lowest BCUT2D eigenvalue weighted by Gasteiger charge is -2.22. The second kappa shape index (κ2) is 7.51. The van der Waals surface area contributed by atoms with Crippen LogP contribution in [0.25, 0.3) is 11.3 Å². The number of rotatable bonds is 5. The van der Waals surface area contributed by atoms with Crippen molar-refractivity contribution in [3.05, 3.63) is 27.6 Å². The van der Waals surface area contributed by atoms with E-state index in [0.29, 0.717) is 11.7 Å². The Morgan fingerprint density at radius 2 is 2.04 bits per heavy atom. The molecule has 1 amide bonds. The van der Waals surface area contributed by atoms with E-state index in [4.69, 9.17) is 5.10 Å². The number of carbonyl (C=O) groups is 1. The van der Waals surface area contributed by atoms with Gasteiger partial charge in [0.15, 0.2) is 0 Å². The summed E-state index contributed by atoms with van der Waals surface area (Å²) in [5.41, 5.74) is 2.76. The van der Waals surface area contributed by atoms with Crippen LogP contribution in [0.1, 0.15) is 65.7 Å². The molecule has 2 aromatic heterocycles. The molecule has 0 atom stereocenters. The molecule has 0 bridgehead atoms. The number of nitrogens with one attached hydrogen (secondary N) is 1. The van der Waals surface area contributed by atoms with Crippen molar-refractivity contribution in [2.45, 2.75) is 71.9 Å². The maximum absolute atomic E-state index is 12.8. The number of hydrogen-bond acceptors (Lipinski definition) is 3. The maximum atomic E-state index is 12.8. The van der Waals surface area contributed by atoms with Gasteiger partial charge in [0, 0.05) is 27.9 Å². The van der Waals surface area contributed by atoms with Gasteiger partial charge < -0.3 is 5.32 Å². The van der Waals surface area contributed by atoms with Crippen LogP contribution in [-0.2, 0) is 6.54 Å². The minimum atomic E-state index is 0.0266. The number of nitrogens with zero attached hydrogens (tertiary/aromatic N) is 2. The molecule has 1 aliphatic rings. The van der Waals surface area contributed by atoms with Crippen molar-refractivity contribution < 1.29 is 4.79 Å². The molecule has 2 aromatic rings. The van der Waals surface area contributed by atoms with Crippen LogP contribution in [0.15, 0.2) is 12.1 Å². The molecule has 3 rings (SSSR count). The van der Waals surface area contributed by atoms with Crippen molar-refractivity contribution in [2.75, 3.05) is 0 Å². The fourth-order valence-electron chi connectivity index (χ4n) is 3.50. The van der Waals surface area contributed by atoms with Crippen molar-refractivity contribution in [1.82, 2.24) is 15.1 Å². The Kier molecular flexibility index (Phi) is 5.39. The van der Waals surface area contributed by atoms with Gasteiger partial charge in [-0.25, -0.2) is 0 Å². The summed E-state index contributed by atoms with van der Waals surface area (Å²) in [4.78, 5) is 15.3. The molecule has 24 heavy (non-hydrogen) atoms. The van der Waals surface area contributed by atoms with Gasteiger partial charge in [-0.3, -0.25) is 9.48 Å². The lowest BCUT2D eigenvalue weighted by atomic mass is 9.95. The molecule has 0 saturated heterocycles. The number of aryl methyl sites for hydroxylation is 3. The van der Waals surface area contributed by atoms with Crippen LogP contribution in [-0.4, -0.2) is 21.7 Å². The summed E-state index contributed by atoms with van der Waals surface area (Å²) >= 11 is 1.78. The molecule has 0 radical (unpaired) electrons. The highest BCUT2D eigenvalue weighted by Gasteiger charge is 2.21. The molecule has 0 spiro atoms. The topological polar surface area (TPSA) is 46.9 Å². The Morgan fingerprint density at radius 1 is 1.29 bits per heavy atom. The van der Waals surface area contributed by atoms with Crippen LogP contribution < -0.4 is 5.32 Å². The van der Waals surface area contributed by atoms with E-state index in [9.17, 15) is 4.79 Å². The number of aromatic nitrogens is 2. The first-order valence-electron chi connectivity index (χ1n) is 9.04. The van der Waals surface area contributed by atoms with E-state index < -0.39 is 0 Å². The van der Waals surface area contributed by atoms with Gasteiger partial charge in [0.25, 0.3) is 5.91 Å². The van der Waals surface area contributed by atoms with Gasteiger partial charge >= 0.3 is 0 Å². The Hall–Kier alpha value is -1.62. The summed E-state index contributed by atoms with van der Waals surface area (Å²) < 4.78 is 1.87. The highest BCUT2D eigenvalue weighted by atomic mass is 32.1. The third-order valence-electron chi connectivity index (χ3n) is 4.71. The van der Waals surface area contributed by atoms with E-state index in [1.165, 1.54) is 29.0 Å². The van der Waals surface area contributed by atoms with Crippen LogP contribution in [0.3, 0.4) is 0 Å². The van der Waals surface area contributed by atoms with Gasteiger partial charge in [-0.1, -0.05) is 26.2 Å². The average Bonchev–Trinajstić information content (AvgIpc) is 3.11. The minimum Gasteiger partial charge on any atom is -0.348 e. The summed E-state index contributed by atoms with van der Waals surface area (Å²) in [7, 11) is 0. The quantitative estimate of drug-likeness (QED) is 0.854. The van der Waals surface area contributed by atoms with Crippen LogP contribution in [0.2, 0.25) is 0 Å². The largest absolute Gasteiger partial charge is 0.348 e. The van der Waals surface area contributed by atoms with E-state index in [0.717, 1.165) is 37.1 Å². The number of amides is 1. The molecule has 4 nitrogen and oxygen atoms in total. The summed E-state index contributed by atoms with van der Waals surface area (Å²) in [6, 6.07) is 4.45. The molecule has 1 saturated carbocycles. The summed E-state index contributed by atoms with van der Waals surface area (Å²) in [5.74, 6) is 0.0266.